The maximum absolute atomic E-state index is 12.8. The monoisotopic (exact) mass is 319 g/mol. The highest BCUT2D eigenvalue weighted by Gasteiger charge is 2.10. The van der Waals surface area contributed by atoms with E-state index in [4.69, 9.17) is 4.74 Å². The Morgan fingerprint density at radius 1 is 1.18 bits per heavy atom. The number of rotatable bonds is 7. The minimum absolute atomic E-state index is 0.112. The van der Waals surface area contributed by atoms with Crippen molar-refractivity contribution < 1.29 is 13.9 Å². The second-order valence-corrected chi connectivity index (χ2v) is 5.79. The van der Waals surface area contributed by atoms with Crippen LogP contribution in [0.1, 0.15) is 17.3 Å². The molecule has 22 heavy (non-hydrogen) atoms. The first-order valence-electron chi connectivity index (χ1n) is 7.09. The van der Waals surface area contributed by atoms with Gasteiger partial charge in [-0.2, -0.15) is 0 Å². The highest BCUT2D eigenvalue weighted by atomic mass is 32.2. The van der Waals surface area contributed by atoms with E-state index >= 15 is 0 Å². The SMILES string of the molecule is CCSc1ccccc1C(=O)NCCOc1ccc(F)cc1. The predicted octanol–water partition coefficient (Wildman–Crippen LogP) is 3.75. The Labute approximate surface area is 133 Å². The van der Waals surface area contributed by atoms with E-state index in [-0.39, 0.29) is 11.7 Å². The van der Waals surface area contributed by atoms with Crippen LogP contribution in [0.15, 0.2) is 53.4 Å². The second-order valence-electron chi connectivity index (χ2n) is 4.49. The highest BCUT2D eigenvalue weighted by Crippen LogP contribution is 2.22. The van der Waals surface area contributed by atoms with Gasteiger partial charge in [0.1, 0.15) is 18.2 Å². The van der Waals surface area contributed by atoms with Crippen LogP contribution in [0.2, 0.25) is 0 Å². The Balaban J connectivity index is 1.81. The van der Waals surface area contributed by atoms with Crippen molar-refractivity contribution in [2.75, 3.05) is 18.9 Å². The zero-order valence-corrected chi connectivity index (χ0v) is 13.2. The molecule has 0 saturated heterocycles. The molecule has 0 saturated carbocycles. The third-order valence-corrected chi connectivity index (χ3v) is 3.86. The second kappa shape index (κ2) is 8.44. The van der Waals surface area contributed by atoms with Gasteiger partial charge in [-0.05, 0) is 42.2 Å². The number of hydrogen-bond acceptors (Lipinski definition) is 3. The zero-order valence-electron chi connectivity index (χ0n) is 12.3. The largest absolute Gasteiger partial charge is 0.492 e. The maximum Gasteiger partial charge on any atom is 0.252 e. The fourth-order valence-corrected chi connectivity index (χ4v) is 2.70. The van der Waals surface area contributed by atoms with Gasteiger partial charge in [0.2, 0.25) is 0 Å². The summed E-state index contributed by atoms with van der Waals surface area (Å²) in [7, 11) is 0. The molecule has 116 valence electrons. The van der Waals surface area contributed by atoms with Crippen LogP contribution in [-0.2, 0) is 0 Å². The summed E-state index contributed by atoms with van der Waals surface area (Å²) in [6.45, 7) is 2.78. The van der Waals surface area contributed by atoms with Gasteiger partial charge in [-0.25, -0.2) is 4.39 Å². The van der Waals surface area contributed by atoms with Crippen molar-refractivity contribution in [1.82, 2.24) is 5.32 Å². The first kappa shape index (κ1) is 16.4. The summed E-state index contributed by atoms with van der Waals surface area (Å²) in [5, 5.41) is 2.83. The quantitative estimate of drug-likeness (QED) is 0.624. The molecule has 0 unspecified atom stereocenters. The number of carbonyl (C=O) groups excluding carboxylic acids is 1. The lowest BCUT2D eigenvalue weighted by molar-refractivity contribution is 0.0944. The van der Waals surface area contributed by atoms with Crippen molar-refractivity contribution in [1.29, 1.82) is 0 Å². The average Bonchev–Trinajstić information content (AvgIpc) is 2.54. The summed E-state index contributed by atoms with van der Waals surface area (Å²) in [5.74, 6) is 1.08. The van der Waals surface area contributed by atoms with Gasteiger partial charge >= 0.3 is 0 Å². The normalized spacial score (nSPS) is 10.3. The molecule has 0 atom stereocenters. The number of hydrogen-bond donors (Lipinski definition) is 1. The summed E-state index contributed by atoms with van der Waals surface area (Å²) in [6.07, 6.45) is 0. The maximum atomic E-state index is 12.8. The van der Waals surface area contributed by atoms with Crippen molar-refractivity contribution in [2.45, 2.75) is 11.8 Å². The molecule has 1 amide bonds. The number of carbonyl (C=O) groups is 1. The first-order chi connectivity index (χ1) is 10.7. The lowest BCUT2D eigenvalue weighted by atomic mass is 10.2. The minimum atomic E-state index is -0.300. The molecular weight excluding hydrogens is 301 g/mol. The molecule has 3 nitrogen and oxygen atoms in total. The van der Waals surface area contributed by atoms with Crippen LogP contribution < -0.4 is 10.1 Å². The van der Waals surface area contributed by atoms with Crippen molar-refractivity contribution in [3.63, 3.8) is 0 Å². The summed E-state index contributed by atoms with van der Waals surface area (Å²) >= 11 is 1.64. The number of thioether (sulfide) groups is 1. The Bertz CT molecular complexity index is 616. The van der Waals surface area contributed by atoms with Crippen LogP contribution >= 0.6 is 11.8 Å². The number of ether oxygens (including phenoxy) is 1. The van der Waals surface area contributed by atoms with E-state index in [1.807, 2.05) is 24.3 Å². The van der Waals surface area contributed by atoms with E-state index in [1.54, 1.807) is 23.9 Å². The van der Waals surface area contributed by atoms with Gasteiger partial charge in [0.25, 0.3) is 5.91 Å². The number of halogens is 1. The fraction of sp³-hybridized carbons (Fsp3) is 0.235. The fourth-order valence-electron chi connectivity index (χ4n) is 1.90. The number of nitrogens with one attached hydrogen (secondary N) is 1. The molecule has 0 radical (unpaired) electrons. The molecule has 2 rings (SSSR count). The van der Waals surface area contributed by atoms with Crippen molar-refractivity contribution in [2.24, 2.45) is 0 Å². The average molecular weight is 319 g/mol. The standard InChI is InChI=1S/C17H18FNO2S/c1-2-22-16-6-4-3-5-15(16)17(20)19-11-12-21-14-9-7-13(18)8-10-14/h3-10H,2,11-12H2,1H3,(H,19,20). The molecule has 0 aliphatic carbocycles. The number of benzene rings is 2. The van der Waals surface area contributed by atoms with Gasteiger partial charge in [0, 0.05) is 4.90 Å². The summed E-state index contributed by atoms with van der Waals surface area (Å²) in [5.41, 5.74) is 0.677. The van der Waals surface area contributed by atoms with E-state index in [1.165, 1.54) is 12.1 Å². The van der Waals surface area contributed by atoms with Crippen LogP contribution in [0.25, 0.3) is 0 Å². The lowest BCUT2D eigenvalue weighted by Crippen LogP contribution is -2.28. The summed E-state index contributed by atoms with van der Waals surface area (Å²) in [4.78, 5) is 13.1. The molecule has 5 heteroatoms. The number of amides is 1. The molecule has 2 aromatic carbocycles. The van der Waals surface area contributed by atoms with Crippen LogP contribution in [0.5, 0.6) is 5.75 Å². The Hall–Kier alpha value is -2.01. The third kappa shape index (κ3) is 4.77. The molecular formula is C17H18FNO2S. The first-order valence-corrected chi connectivity index (χ1v) is 8.07. The Morgan fingerprint density at radius 3 is 2.64 bits per heavy atom. The highest BCUT2D eigenvalue weighted by molar-refractivity contribution is 7.99. The van der Waals surface area contributed by atoms with Crippen LogP contribution in [0.4, 0.5) is 4.39 Å². The summed E-state index contributed by atoms with van der Waals surface area (Å²) < 4.78 is 18.2. The van der Waals surface area contributed by atoms with E-state index in [0.717, 1.165) is 10.6 Å². The van der Waals surface area contributed by atoms with Gasteiger partial charge in [-0.15, -0.1) is 11.8 Å². The molecule has 0 aliphatic heterocycles. The van der Waals surface area contributed by atoms with Gasteiger partial charge in [-0.3, -0.25) is 4.79 Å². The van der Waals surface area contributed by atoms with Gasteiger partial charge < -0.3 is 10.1 Å². The van der Waals surface area contributed by atoms with Gasteiger partial charge in [-0.1, -0.05) is 19.1 Å². The van der Waals surface area contributed by atoms with Crippen molar-refractivity contribution >= 4 is 17.7 Å². The van der Waals surface area contributed by atoms with Gasteiger partial charge in [0.05, 0.1) is 12.1 Å². The molecule has 1 N–H and O–H groups in total. The van der Waals surface area contributed by atoms with Gasteiger partial charge in [0.15, 0.2) is 0 Å². The Kier molecular flexibility index (Phi) is 6.27. The van der Waals surface area contributed by atoms with E-state index in [0.29, 0.717) is 24.5 Å². The van der Waals surface area contributed by atoms with Crippen LogP contribution in [0, 0.1) is 5.82 Å². The predicted molar refractivity (Wildman–Crippen MR) is 87.1 cm³/mol. The molecule has 2 aromatic rings. The zero-order chi connectivity index (χ0) is 15.8. The lowest BCUT2D eigenvalue weighted by Gasteiger charge is -2.10. The van der Waals surface area contributed by atoms with Crippen molar-refractivity contribution in [3.8, 4) is 5.75 Å². The molecule has 0 fully saturated rings. The molecule has 0 bridgehead atoms. The minimum Gasteiger partial charge on any atom is -0.492 e. The van der Waals surface area contributed by atoms with E-state index < -0.39 is 0 Å². The molecule has 0 spiro atoms. The van der Waals surface area contributed by atoms with Crippen molar-refractivity contribution in [3.05, 3.63) is 59.9 Å². The van der Waals surface area contributed by atoms with E-state index in [9.17, 15) is 9.18 Å². The van der Waals surface area contributed by atoms with Crippen LogP contribution in [-0.4, -0.2) is 24.8 Å². The molecule has 0 aromatic heterocycles. The molecule has 0 heterocycles. The smallest absolute Gasteiger partial charge is 0.252 e. The molecule has 0 aliphatic rings. The third-order valence-electron chi connectivity index (χ3n) is 2.90. The van der Waals surface area contributed by atoms with E-state index in [2.05, 4.69) is 12.2 Å². The Morgan fingerprint density at radius 2 is 1.91 bits per heavy atom. The van der Waals surface area contributed by atoms with Crippen LogP contribution in [0.3, 0.4) is 0 Å². The summed E-state index contributed by atoms with van der Waals surface area (Å²) in [6, 6.07) is 13.3. The topological polar surface area (TPSA) is 38.3 Å².